The standard InChI is InChI=1S/C20H24O6/c1-6-11(3)19(23)25-15-8-10(2)7-14(21)9-12(4)17(22)18-16(15)13(5)20(24)26-18/h6-7,9,15-18,22H,5,8H2,1-4H3/b10-7-,11-6+,12-9-/t15-,16+,17-,18+/m0/s1. The van der Waals surface area contributed by atoms with Crippen molar-refractivity contribution in [3.63, 3.8) is 0 Å². The van der Waals surface area contributed by atoms with Gasteiger partial charge in [0, 0.05) is 17.6 Å². The first-order chi connectivity index (χ1) is 12.1. The first kappa shape index (κ1) is 19.8. The highest BCUT2D eigenvalue weighted by atomic mass is 16.6. The molecule has 4 atom stereocenters. The predicted molar refractivity (Wildman–Crippen MR) is 95.0 cm³/mol. The van der Waals surface area contributed by atoms with E-state index in [0.717, 1.165) is 0 Å². The number of ether oxygens (including phenoxy) is 2. The van der Waals surface area contributed by atoms with Crippen molar-refractivity contribution in [1.82, 2.24) is 0 Å². The van der Waals surface area contributed by atoms with E-state index in [1.54, 1.807) is 33.8 Å². The number of carbonyl (C=O) groups is 3. The Morgan fingerprint density at radius 2 is 2.00 bits per heavy atom. The summed E-state index contributed by atoms with van der Waals surface area (Å²) in [4.78, 5) is 36.4. The van der Waals surface area contributed by atoms with Crippen LogP contribution in [-0.2, 0) is 23.9 Å². The maximum absolute atomic E-state index is 12.3. The van der Waals surface area contributed by atoms with E-state index in [1.807, 2.05) is 0 Å². The van der Waals surface area contributed by atoms with E-state index in [1.165, 1.54) is 12.2 Å². The summed E-state index contributed by atoms with van der Waals surface area (Å²) in [6, 6.07) is 0. The van der Waals surface area contributed by atoms with Crippen LogP contribution in [0.25, 0.3) is 0 Å². The summed E-state index contributed by atoms with van der Waals surface area (Å²) >= 11 is 0. The van der Waals surface area contributed by atoms with Crippen LogP contribution in [0, 0.1) is 5.92 Å². The second kappa shape index (κ2) is 7.83. The lowest BCUT2D eigenvalue weighted by Gasteiger charge is -2.30. The van der Waals surface area contributed by atoms with Gasteiger partial charge in [0.05, 0.1) is 5.92 Å². The average molecular weight is 360 g/mol. The number of aliphatic hydroxyl groups is 1. The highest BCUT2D eigenvalue weighted by Gasteiger charge is 2.48. The molecular formula is C20H24O6. The van der Waals surface area contributed by atoms with Gasteiger partial charge in [-0.05, 0) is 45.4 Å². The Labute approximate surface area is 152 Å². The molecule has 6 nitrogen and oxygen atoms in total. The third-order valence-electron chi connectivity index (χ3n) is 4.74. The first-order valence-electron chi connectivity index (χ1n) is 8.46. The maximum Gasteiger partial charge on any atom is 0.334 e. The average Bonchev–Trinajstić information content (AvgIpc) is 2.86. The SMILES string of the molecule is C=C1C(=O)O[C@@H]2[C@H]1[C@@H](OC(=O)/C(C)=C/C)C/C(C)=C\C(=O)/C=C(/C)[C@@H]2O. The molecule has 26 heavy (non-hydrogen) atoms. The maximum atomic E-state index is 12.3. The summed E-state index contributed by atoms with van der Waals surface area (Å²) in [5.74, 6) is -2.15. The van der Waals surface area contributed by atoms with E-state index >= 15 is 0 Å². The number of hydrogen-bond donors (Lipinski definition) is 1. The molecule has 0 saturated carbocycles. The van der Waals surface area contributed by atoms with Crippen LogP contribution in [0.3, 0.4) is 0 Å². The van der Waals surface area contributed by atoms with Crippen LogP contribution in [0.2, 0.25) is 0 Å². The molecule has 6 heteroatoms. The molecule has 0 aromatic rings. The monoisotopic (exact) mass is 360 g/mol. The van der Waals surface area contributed by atoms with Gasteiger partial charge in [-0.25, -0.2) is 9.59 Å². The Balaban J connectivity index is 2.49. The van der Waals surface area contributed by atoms with Crippen LogP contribution in [0.5, 0.6) is 0 Å². The van der Waals surface area contributed by atoms with E-state index < -0.39 is 36.2 Å². The Morgan fingerprint density at radius 3 is 2.62 bits per heavy atom. The molecular weight excluding hydrogens is 336 g/mol. The fraction of sp³-hybridized carbons (Fsp3) is 0.450. The van der Waals surface area contributed by atoms with Crippen molar-refractivity contribution in [2.24, 2.45) is 5.92 Å². The molecule has 0 bridgehead atoms. The van der Waals surface area contributed by atoms with Crippen molar-refractivity contribution in [2.75, 3.05) is 0 Å². The quantitative estimate of drug-likeness (QED) is 0.600. The number of rotatable bonds is 2. The lowest BCUT2D eigenvalue weighted by atomic mass is 9.83. The van der Waals surface area contributed by atoms with E-state index in [2.05, 4.69) is 6.58 Å². The van der Waals surface area contributed by atoms with Gasteiger partial charge in [-0.1, -0.05) is 18.2 Å². The molecule has 0 unspecified atom stereocenters. The number of ketones is 1. The zero-order valence-electron chi connectivity index (χ0n) is 15.4. The molecule has 2 rings (SSSR count). The normalized spacial score (nSPS) is 34.2. The van der Waals surface area contributed by atoms with E-state index in [9.17, 15) is 19.5 Å². The third-order valence-corrected chi connectivity index (χ3v) is 4.74. The van der Waals surface area contributed by atoms with Crippen LogP contribution in [0.1, 0.15) is 34.1 Å². The summed E-state index contributed by atoms with van der Waals surface area (Å²) in [6.07, 6.45) is 1.66. The summed E-state index contributed by atoms with van der Waals surface area (Å²) in [6.45, 7) is 10.4. The van der Waals surface area contributed by atoms with Crippen molar-refractivity contribution in [3.05, 3.63) is 47.1 Å². The Bertz CT molecular complexity index is 739. The van der Waals surface area contributed by atoms with Crippen molar-refractivity contribution in [1.29, 1.82) is 0 Å². The Morgan fingerprint density at radius 1 is 1.35 bits per heavy atom. The van der Waals surface area contributed by atoms with Gasteiger partial charge in [0.1, 0.15) is 18.3 Å². The smallest absolute Gasteiger partial charge is 0.334 e. The molecule has 0 spiro atoms. The van der Waals surface area contributed by atoms with E-state index in [0.29, 0.717) is 16.7 Å². The first-order valence-corrected chi connectivity index (χ1v) is 8.46. The summed E-state index contributed by atoms with van der Waals surface area (Å²) in [7, 11) is 0. The van der Waals surface area contributed by atoms with Gasteiger partial charge < -0.3 is 14.6 Å². The molecule has 1 aliphatic carbocycles. The van der Waals surface area contributed by atoms with E-state index in [-0.39, 0.29) is 17.8 Å². The fourth-order valence-electron chi connectivity index (χ4n) is 3.12. The molecule has 1 heterocycles. The van der Waals surface area contributed by atoms with Crippen LogP contribution in [0.15, 0.2) is 47.1 Å². The number of fused-ring (bicyclic) bond motifs is 1. The molecule has 0 amide bonds. The third kappa shape index (κ3) is 4.02. The second-order valence-electron chi connectivity index (χ2n) is 6.77. The molecule has 0 aromatic carbocycles. The topological polar surface area (TPSA) is 89.9 Å². The molecule has 0 radical (unpaired) electrons. The minimum absolute atomic E-state index is 0.150. The zero-order valence-corrected chi connectivity index (χ0v) is 15.4. The molecule has 1 saturated heterocycles. The predicted octanol–water partition coefficient (Wildman–Crippen LogP) is 2.19. The largest absolute Gasteiger partial charge is 0.458 e. The zero-order chi connectivity index (χ0) is 19.6. The Hall–Kier alpha value is -2.47. The van der Waals surface area contributed by atoms with Crippen molar-refractivity contribution in [3.8, 4) is 0 Å². The molecule has 1 aliphatic heterocycles. The minimum Gasteiger partial charge on any atom is -0.458 e. The number of hydrogen-bond acceptors (Lipinski definition) is 6. The minimum atomic E-state index is -1.19. The van der Waals surface area contributed by atoms with Crippen LogP contribution >= 0.6 is 0 Å². The molecule has 140 valence electrons. The Kier molecular flexibility index (Phi) is 5.97. The molecule has 1 fully saturated rings. The number of allylic oxidation sites excluding steroid dienone is 3. The number of esters is 2. The molecule has 0 aromatic heterocycles. The van der Waals surface area contributed by atoms with Gasteiger partial charge in [-0.3, -0.25) is 4.79 Å². The molecule has 1 N–H and O–H groups in total. The van der Waals surface area contributed by atoms with Crippen LogP contribution in [-0.4, -0.2) is 41.1 Å². The van der Waals surface area contributed by atoms with Gasteiger partial charge in [0.2, 0.25) is 0 Å². The molecule has 2 aliphatic rings. The number of aliphatic hydroxyl groups excluding tert-OH is 1. The van der Waals surface area contributed by atoms with Gasteiger partial charge in [-0.2, -0.15) is 0 Å². The van der Waals surface area contributed by atoms with Gasteiger partial charge in [-0.15, -0.1) is 0 Å². The lowest BCUT2D eigenvalue weighted by molar-refractivity contribution is -0.150. The highest BCUT2D eigenvalue weighted by Crippen LogP contribution is 2.37. The van der Waals surface area contributed by atoms with Crippen molar-refractivity contribution >= 4 is 17.7 Å². The highest BCUT2D eigenvalue weighted by molar-refractivity contribution is 6.00. The summed E-state index contributed by atoms with van der Waals surface area (Å²) in [5, 5.41) is 10.6. The fourth-order valence-corrected chi connectivity index (χ4v) is 3.12. The van der Waals surface area contributed by atoms with Crippen LogP contribution < -0.4 is 0 Å². The van der Waals surface area contributed by atoms with Gasteiger partial charge in [0.15, 0.2) is 5.78 Å². The summed E-state index contributed by atoms with van der Waals surface area (Å²) in [5.41, 5.74) is 1.63. The van der Waals surface area contributed by atoms with Crippen molar-refractivity contribution in [2.45, 2.75) is 52.4 Å². The van der Waals surface area contributed by atoms with Crippen molar-refractivity contribution < 1.29 is 29.0 Å². The number of carbonyl (C=O) groups excluding carboxylic acids is 3. The summed E-state index contributed by atoms with van der Waals surface area (Å²) < 4.78 is 10.9. The van der Waals surface area contributed by atoms with E-state index in [4.69, 9.17) is 9.47 Å². The van der Waals surface area contributed by atoms with Crippen LogP contribution in [0.4, 0.5) is 0 Å². The van der Waals surface area contributed by atoms with Gasteiger partial charge >= 0.3 is 11.9 Å². The van der Waals surface area contributed by atoms with Gasteiger partial charge in [0.25, 0.3) is 0 Å². The second-order valence-corrected chi connectivity index (χ2v) is 6.77. The lowest BCUT2D eigenvalue weighted by Crippen LogP contribution is -2.41.